The molecule has 6 heteroatoms. The minimum Gasteiger partial charge on any atom is -0.338 e. The summed E-state index contributed by atoms with van der Waals surface area (Å²) in [6.45, 7) is 4.62. The van der Waals surface area contributed by atoms with Gasteiger partial charge in [-0.1, -0.05) is 49.1 Å². The summed E-state index contributed by atoms with van der Waals surface area (Å²) in [4.78, 5) is 28.6. The molecule has 5 nitrogen and oxygen atoms in total. The molecule has 0 atom stereocenters. The molecule has 2 fully saturated rings. The number of hydrogen-bond donors (Lipinski definition) is 1. The highest BCUT2D eigenvalue weighted by Crippen LogP contribution is 2.18. The van der Waals surface area contributed by atoms with Crippen LogP contribution in [0, 0.1) is 6.92 Å². The summed E-state index contributed by atoms with van der Waals surface area (Å²) < 4.78 is 0. The number of carbonyl (C=O) groups is 2. The van der Waals surface area contributed by atoms with Gasteiger partial charge in [0.25, 0.3) is 0 Å². The van der Waals surface area contributed by atoms with E-state index in [-0.39, 0.29) is 11.9 Å². The molecule has 1 aliphatic heterocycles. The maximum Gasteiger partial charge on any atom is 0.317 e. The molecule has 1 saturated carbocycles. The molecule has 0 bridgehead atoms. The second kappa shape index (κ2) is 10.0. The van der Waals surface area contributed by atoms with Crippen molar-refractivity contribution in [2.45, 2.75) is 50.8 Å². The third-order valence-electron chi connectivity index (χ3n) is 5.47. The Bertz CT molecular complexity index is 621. The fourth-order valence-corrected chi connectivity index (χ4v) is 4.59. The number of amides is 3. The van der Waals surface area contributed by atoms with Gasteiger partial charge in [-0.3, -0.25) is 4.79 Å². The van der Waals surface area contributed by atoms with Crippen molar-refractivity contribution in [3.8, 4) is 0 Å². The van der Waals surface area contributed by atoms with Gasteiger partial charge >= 0.3 is 6.03 Å². The van der Waals surface area contributed by atoms with Gasteiger partial charge in [-0.05, 0) is 25.3 Å². The number of piperazine rings is 1. The molecule has 1 aromatic rings. The molecular weight excluding hydrogens is 358 g/mol. The van der Waals surface area contributed by atoms with Gasteiger partial charge in [-0.15, -0.1) is 11.8 Å². The third-order valence-corrected chi connectivity index (χ3v) is 6.46. The predicted molar refractivity (Wildman–Crippen MR) is 111 cm³/mol. The number of hydrogen-bond acceptors (Lipinski definition) is 3. The second-order valence-electron chi connectivity index (χ2n) is 7.63. The highest BCUT2D eigenvalue weighted by Gasteiger charge is 2.25. The number of carbonyl (C=O) groups excluding carboxylic acids is 2. The molecule has 0 unspecified atom stereocenters. The summed E-state index contributed by atoms with van der Waals surface area (Å²) in [7, 11) is 0. The largest absolute Gasteiger partial charge is 0.338 e. The SMILES string of the molecule is Cc1ccc(CSCC(=O)N2CCN(C(=O)NC3CCCCC3)CC2)cc1. The lowest BCUT2D eigenvalue weighted by atomic mass is 9.96. The molecule has 1 N–H and O–H groups in total. The average Bonchev–Trinajstić information content (AvgIpc) is 2.70. The molecule has 0 spiro atoms. The van der Waals surface area contributed by atoms with Crippen molar-refractivity contribution >= 4 is 23.7 Å². The van der Waals surface area contributed by atoms with Gasteiger partial charge in [-0.25, -0.2) is 4.79 Å². The zero-order chi connectivity index (χ0) is 19.1. The third kappa shape index (κ3) is 6.16. The van der Waals surface area contributed by atoms with E-state index >= 15 is 0 Å². The van der Waals surface area contributed by atoms with Crippen LogP contribution in [0.15, 0.2) is 24.3 Å². The van der Waals surface area contributed by atoms with Gasteiger partial charge in [0, 0.05) is 38.0 Å². The first-order valence-corrected chi connectivity index (χ1v) is 11.2. The summed E-state index contributed by atoms with van der Waals surface area (Å²) in [6.07, 6.45) is 5.92. The molecule has 1 aromatic carbocycles. The zero-order valence-electron chi connectivity index (χ0n) is 16.3. The number of rotatable bonds is 5. The van der Waals surface area contributed by atoms with E-state index in [4.69, 9.17) is 0 Å². The summed E-state index contributed by atoms with van der Waals surface area (Å²) in [5.41, 5.74) is 2.51. The molecule has 0 radical (unpaired) electrons. The Balaban J connectivity index is 1.34. The molecule has 3 amide bonds. The first kappa shape index (κ1) is 20.1. The van der Waals surface area contributed by atoms with E-state index in [0.29, 0.717) is 38.0 Å². The molecule has 2 aliphatic rings. The lowest BCUT2D eigenvalue weighted by Gasteiger charge is -2.36. The van der Waals surface area contributed by atoms with Crippen LogP contribution in [0.2, 0.25) is 0 Å². The number of aryl methyl sites for hydroxylation is 1. The van der Waals surface area contributed by atoms with E-state index in [1.54, 1.807) is 11.8 Å². The standard InChI is InChI=1S/C21H31N3O2S/c1-17-7-9-18(10-8-17)15-27-16-20(25)23-11-13-24(14-12-23)21(26)22-19-5-3-2-4-6-19/h7-10,19H,2-6,11-16H2,1H3,(H,22,26). The molecule has 0 aromatic heterocycles. The lowest BCUT2D eigenvalue weighted by Crippen LogP contribution is -2.55. The van der Waals surface area contributed by atoms with Crippen LogP contribution in [0.1, 0.15) is 43.2 Å². The topological polar surface area (TPSA) is 52.7 Å². The molecule has 1 saturated heterocycles. The molecule has 3 rings (SSSR count). The van der Waals surface area contributed by atoms with Crippen LogP contribution in [0.4, 0.5) is 4.79 Å². The number of nitrogens with zero attached hydrogens (tertiary/aromatic N) is 2. The normalized spacial score (nSPS) is 18.4. The van der Waals surface area contributed by atoms with Crippen molar-refractivity contribution in [1.82, 2.24) is 15.1 Å². The van der Waals surface area contributed by atoms with E-state index in [1.807, 2.05) is 9.80 Å². The summed E-state index contributed by atoms with van der Waals surface area (Å²) >= 11 is 1.66. The fourth-order valence-electron chi connectivity index (χ4n) is 3.70. The van der Waals surface area contributed by atoms with E-state index in [9.17, 15) is 9.59 Å². The monoisotopic (exact) mass is 389 g/mol. The molecule has 1 heterocycles. The van der Waals surface area contributed by atoms with Crippen LogP contribution >= 0.6 is 11.8 Å². The van der Waals surface area contributed by atoms with Gasteiger partial charge in [0.05, 0.1) is 5.75 Å². The van der Waals surface area contributed by atoms with E-state index in [0.717, 1.165) is 18.6 Å². The van der Waals surface area contributed by atoms with Crippen LogP contribution in [-0.2, 0) is 10.5 Å². The fraction of sp³-hybridized carbons (Fsp3) is 0.619. The Kier molecular flexibility index (Phi) is 7.44. The van der Waals surface area contributed by atoms with Crippen molar-refractivity contribution in [2.24, 2.45) is 0 Å². The highest BCUT2D eigenvalue weighted by atomic mass is 32.2. The van der Waals surface area contributed by atoms with E-state index in [2.05, 4.69) is 36.5 Å². The highest BCUT2D eigenvalue weighted by molar-refractivity contribution is 7.99. The number of thioether (sulfide) groups is 1. The van der Waals surface area contributed by atoms with Gasteiger partial charge in [0.1, 0.15) is 0 Å². The summed E-state index contributed by atoms with van der Waals surface area (Å²) in [5, 5.41) is 3.17. The quantitative estimate of drug-likeness (QED) is 0.840. The Labute approximate surface area is 166 Å². The van der Waals surface area contributed by atoms with Gasteiger partial charge < -0.3 is 15.1 Å². The smallest absolute Gasteiger partial charge is 0.317 e. The van der Waals surface area contributed by atoms with Crippen LogP contribution in [0.3, 0.4) is 0 Å². The summed E-state index contributed by atoms with van der Waals surface area (Å²) in [6, 6.07) is 8.84. The van der Waals surface area contributed by atoms with Crippen LogP contribution in [-0.4, -0.2) is 59.7 Å². The van der Waals surface area contributed by atoms with Crippen molar-refractivity contribution in [2.75, 3.05) is 31.9 Å². The first-order valence-electron chi connectivity index (χ1n) is 10.1. The Morgan fingerprint density at radius 1 is 1.00 bits per heavy atom. The Hall–Kier alpha value is -1.69. The van der Waals surface area contributed by atoms with Gasteiger partial charge in [0.15, 0.2) is 0 Å². The maximum atomic E-state index is 12.4. The summed E-state index contributed by atoms with van der Waals surface area (Å²) in [5.74, 6) is 1.54. The maximum absolute atomic E-state index is 12.4. The van der Waals surface area contributed by atoms with Crippen LogP contribution in [0.25, 0.3) is 0 Å². The van der Waals surface area contributed by atoms with Gasteiger partial charge in [0.2, 0.25) is 5.91 Å². The van der Waals surface area contributed by atoms with Crippen molar-refractivity contribution in [3.63, 3.8) is 0 Å². The Morgan fingerprint density at radius 3 is 2.30 bits per heavy atom. The number of urea groups is 1. The van der Waals surface area contributed by atoms with Crippen molar-refractivity contribution in [1.29, 1.82) is 0 Å². The van der Waals surface area contributed by atoms with Crippen molar-refractivity contribution in [3.05, 3.63) is 35.4 Å². The molecular formula is C21H31N3O2S. The van der Waals surface area contributed by atoms with Crippen LogP contribution < -0.4 is 5.32 Å². The predicted octanol–water partition coefficient (Wildman–Crippen LogP) is 3.41. The minimum atomic E-state index is 0.0442. The zero-order valence-corrected chi connectivity index (χ0v) is 17.1. The lowest BCUT2D eigenvalue weighted by molar-refractivity contribution is -0.129. The van der Waals surface area contributed by atoms with E-state index in [1.165, 1.54) is 30.4 Å². The van der Waals surface area contributed by atoms with Gasteiger partial charge in [-0.2, -0.15) is 0 Å². The van der Waals surface area contributed by atoms with Crippen LogP contribution in [0.5, 0.6) is 0 Å². The first-order chi connectivity index (χ1) is 13.1. The number of nitrogens with one attached hydrogen (secondary N) is 1. The minimum absolute atomic E-state index is 0.0442. The molecule has 148 valence electrons. The molecule has 1 aliphatic carbocycles. The molecule has 27 heavy (non-hydrogen) atoms. The second-order valence-corrected chi connectivity index (χ2v) is 8.62. The van der Waals surface area contributed by atoms with E-state index < -0.39 is 0 Å². The van der Waals surface area contributed by atoms with Crippen molar-refractivity contribution < 1.29 is 9.59 Å². The Morgan fingerprint density at radius 2 is 1.63 bits per heavy atom. The number of benzene rings is 1. The average molecular weight is 390 g/mol.